The molecule has 0 radical (unpaired) electrons. The molecule has 0 fully saturated rings. The molecule has 0 saturated carbocycles. The lowest BCUT2D eigenvalue weighted by atomic mass is 9.91. The molecule has 4 amide bonds. The Hall–Kier alpha value is -3.86. The van der Waals surface area contributed by atoms with Gasteiger partial charge in [-0.3, -0.25) is 14.5 Å². The van der Waals surface area contributed by atoms with Gasteiger partial charge in [0, 0.05) is 26.1 Å². The molecule has 208 valence electrons. The Kier molecular flexibility index (Phi) is 8.29. The molecule has 8 nitrogen and oxygen atoms in total. The van der Waals surface area contributed by atoms with E-state index in [1.165, 1.54) is 28.0 Å². The minimum absolute atomic E-state index is 0.0484. The molecule has 0 saturated heterocycles. The molecule has 2 heterocycles. The van der Waals surface area contributed by atoms with Crippen LogP contribution in [0.5, 0.6) is 0 Å². The van der Waals surface area contributed by atoms with Crippen molar-refractivity contribution in [2.75, 3.05) is 40.3 Å². The van der Waals surface area contributed by atoms with Crippen molar-refractivity contribution in [3.05, 3.63) is 82.6 Å². The van der Waals surface area contributed by atoms with Gasteiger partial charge in [-0.05, 0) is 38.2 Å². The van der Waals surface area contributed by atoms with E-state index in [1.807, 2.05) is 49.3 Å². The summed E-state index contributed by atoms with van der Waals surface area (Å²) in [4.78, 5) is 45.1. The van der Waals surface area contributed by atoms with Crippen LogP contribution in [-0.4, -0.2) is 78.9 Å². The lowest BCUT2D eigenvalue weighted by molar-refractivity contribution is -0.138. The summed E-state index contributed by atoms with van der Waals surface area (Å²) in [5, 5.41) is 5.49. The third kappa shape index (κ3) is 5.93. The van der Waals surface area contributed by atoms with E-state index in [9.17, 15) is 27.6 Å². The minimum Gasteiger partial charge on any atom is -0.353 e. The highest BCUT2D eigenvalue weighted by molar-refractivity contribution is 6.03. The number of hydrogen-bond acceptors (Lipinski definition) is 4. The van der Waals surface area contributed by atoms with E-state index in [4.69, 9.17) is 0 Å². The molecule has 2 unspecified atom stereocenters. The Balaban J connectivity index is 1.73. The number of benzene rings is 2. The van der Waals surface area contributed by atoms with E-state index >= 15 is 0 Å². The predicted molar refractivity (Wildman–Crippen MR) is 139 cm³/mol. The molecular formula is C28H32F3N5O3. The fourth-order valence-corrected chi connectivity index (χ4v) is 5.04. The summed E-state index contributed by atoms with van der Waals surface area (Å²) in [7, 11) is 3.75. The zero-order valence-corrected chi connectivity index (χ0v) is 22.1. The largest absolute Gasteiger partial charge is 0.416 e. The summed E-state index contributed by atoms with van der Waals surface area (Å²) in [5.41, 5.74) is 0.0376. The lowest BCUT2D eigenvalue weighted by Crippen LogP contribution is -2.50. The molecule has 39 heavy (non-hydrogen) atoms. The SMILES string of the molecule is CCN1C(=O)NC(c2ccccc2C(F)(F)F)C2=C1CN(C(Cc1ccccc1)C(=O)NCCN(C)C)C2=O. The zero-order chi connectivity index (χ0) is 28.3. The molecule has 4 rings (SSSR count). The van der Waals surface area contributed by atoms with Crippen molar-refractivity contribution in [3.63, 3.8) is 0 Å². The molecule has 0 aliphatic carbocycles. The summed E-state index contributed by atoms with van der Waals surface area (Å²) in [5.74, 6) is -0.947. The first-order chi connectivity index (χ1) is 18.5. The average molecular weight is 544 g/mol. The van der Waals surface area contributed by atoms with Crippen LogP contribution < -0.4 is 10.6 Å². The van der Waals surface area contributed by atoms with Gasteiger partial charge in [0.15, 0.2) is 0 Å². The molecule has 2 aliphatic rings. The maximum Gasteiger partial charge on any atom is 0.416 e. The van der Waals surface area contributed by atoms with Crippen LogP contribution in [0.1, 0.15) is 29.7 Å². The van der Waals surface area contributed by atoms with Gasteiger partial charge in [-0.1, -0.05) is 48.5 Å². The fourth-order valence-electron chi connectivity index (χ4n) is 5.04. The standard InChI is InChI=1S/C28H32F3N5O3/c1-4-35-22-17-36(21(16-18-10-6-5-7-11-18)25(37)32-14-15-34(2)3)26(38)23(22)24(33-27(35)39)19-12-8-9-13-20(19)28(29,30)31/h5-13,21,24H,4,14-17H2,1-3H3,(H,32,37)(H,33,39). The number of alkyl halides is 3. The van der Waals surface area contributed by atoms with Crippen molar-refractivity contribution in [3.8, 4) is 0 Å². The minimum atomic E-state index is -4.69. The quantitative estimate of drug-likeness (QED) is 0.509. The smallest absolute Gasteiger partial charge is 0.353 e. The normalized spacial score (nSPS) is 18.4. The first-order valence-corrected chi connectivity index (χ1v) is 12.8. The van der Waals surface area contributed by atoms with Crippen LogP contribution in [0.15, 0.2) is 65.9 Å². The summed E-state index contributed by atoms with van der Waals surface area (Å²) in [6.07, 6.45) is -4.48. The van der Waals surface area contributed by atoms with Gasteiger partial charge in [0.25, 0.3) is 5.91 Å². The Labute approximate surface area is 225 Å². The number of nitrogens with one attached hydrogen (secondary N) is 2. The van der Waals surface area contributed by atoms with Gasteiger partial charge in [0.1, 0.15) is 6.04 Å². The van der Waals surface area contributed by atoms with Gasteiger partial charge < -0.3 is 20.4 Å². The predicted octanol–water partition coefficient (Wildman–Crippen LogP) is 3.18. The second-order valence-corrected chi connectivity index (χ2v) is 9.81. The average Bonchev–Trinajstić information content (AvgIpc) is 3.23. The third-order valence-electron chi connectivity index (χ3n) is 6.95. The number of amides is 4. The lowest BCUT2D eigenvalue weighted by Gasteiger charge is -2.33. The molecule has 0 spiro atoms. The van der Waals surface area contributed by atoms with Crippen molar-refractivity contribution in [1.29, 1.82) is 0 Å². The number of carbonyl (C=O) groups is 3. The number of likely N-dealkylation sites (N-methyl/N-ethyl adjacent to an activating group) is 2. The number of carbonyl (C=O) groups excluding carboxylic acids is 3. The second-order valence-electron chi connectivity index (χ2n) is 9.81. The highest BCUT2D eigenvalue weighted by Gasteiger charge is 2.48. The van der Waals surface area contributed by atoms with Crippen molar-refractivity contribution in [2.24, 2.45) is 0 Å². The summed E-state index contributed by atoms with van der Waals surface area (Å²) in [6.45, 7) is 2.80. The molecule has 2 atom stereocenters. The Morgan fingerprint density at radius 1 is 1.10 bits per heavy atom. The Morgan fingerprint density at radius 2 is 1.77 bits per heavy atom. The molecule has 2 N–H and O–H groups in total. The Bertz CT molecular complexity index is 1260. The molecule has 11 heteroatoms. The van der Waals surface area contributed by atoms with E-state index in [1.54, 1.807) is 6.92 Å². The zero-order valence-electron chi connectivity index (χ0n) is 22.1. The highest BCUT2D eigenvalue weighted by atomic mass is 19.4. The van der Waals surface area contributed by atoms with Crippen LogP contribution >= 0.6 is 0 Å². The summed E-state index contributed by atoms with van der Waals surface area (Å²) in [6, 6.07) is 11.3. The molecule has 2 aliphatic heterocycles. The Morgan fingerprint density at radius 3 is 2.41 bits per heavy atom. The van der Waals surface area contributed by atoms with Gasteiger partial charge in [-0.15, -0.1) is 0 Å². The highest BCUT2D eigenvalue weighted by Crippen LogP contribution is 2.42. The fraction of sp³-hybridized carbons (Fsp3) is 0.393. The van der Waals surface area contributed by atoms with E-state index < -0.39 is 35.8 Å². The second kappa shape index (κ2) is 11.5. The number of nitrogens with zero attached hydrogens (tertiary/aromatic N) is 3. The monoisotopic (exact) mass is 543 g/mol. The van der Waals surface area contributed by atoms with Gasteiger partial charge >= 0.3 is 12.2 Å². The molecular weight excluding hydrogens is 511 g/mol. The van der Waals surface area contributed by atoms with E-state index in [-0.39, 0.29) is 36.6 Å². The summed E-state index contributed by atoms with van der Waals surface area (Å²) < 4.78 is 41.8. The number of halogens is 3. The topological polar surface area (TPSA) is 85.0 Å². The maximum atomic E-state index is 14.0. The van der Waals surface area contributed by atoms with Crippen LogP contribution in [0.3, 0.4) is 0 Å². The van der Waals surface area contributed by atoms with E-state index in [2.05, 4.69) is 10.6 Å². The van der Waals surface area contributed by atoms with Gasteiger partial charge in [0.05, 0.1) is 29.4 Å². The molecule has 2 aromatic carbocycles. The number of rotatable bonds is 9. The number of urea groups is 1. The molecule has 2 aromatic rings. The van der Waals surface area contributed by atoms with Crippen molar-refractivity contribution >= 4 is 17.8 Å². The van der Waals surface area contributed by atoms with Crippen LogP contribution in [-0.2, 0) is 22.2 Å². The van der Waals surface area contributed by atoms with Gasteiger partial charge in [0.2, 0.25) is 5.91 Å². The van der Waals surface area contributed by atoms with Crippen LogP contribution in [0.25, 0.3) is 0 Å². The van der Waals surface area contributed by atoms with E-state index in [0.717, 1.165) is 11.6 Å². The van der Waals surface area contributed by atoms with Crippen LogP contribution in [0, 0.1) is 0 Å². The first kappa shape index (κ1) is 28.2. The molecule has 0 bridgehead atoms. The van der Waals surface area contributed by atoms with E-state index in [0.29, 0.717) is 18.8 Å². The van der Waals surface area contributed by atoms with Gasteiger partial charge in [-0.25, -0.2) is 4.79 Å². The van der Waals surface area contributed by atoms with Gasteiger partial charge in [-0.2, -0.15) is 13.2 Å². The molecule has 0 aromatic heterocycles. The van der Waals surface area contributed by atoms with Crippen molar-refractivity contribution in [2.45, 2.75) is 31.6 Å². The maximum absolute atomic E-state index is 14.0. The van der Waals surface area contributed by atoms with Crippen molar-refractivity contribution < 1.29 is 27.6 Å². The van der Waals surface area contributed by atoms with Crippen molar-refractivity contribution in [1.82, 2.24) is 25.3 Å². The summed E-state index contributed by atoms with van der Waals surface area (Å²) >= 11 is 0. The number of hydrogen-bond donors (Lipinski definition) is 2. The van der Waals surface area contributed by atoms with Crippen LogP contribution in [0.4, 0.5) is 18.0 Å². The third-order valence-corrected chi connectivity index (χ3v) is 6.95. The van der Waals surface area contributed by atoms with Crippen LogP contribution in [0.2, 0.25) is 0 Å². The first-order valence-electron chi connectivity index (χ1n) is 12.8.